The minimum Gasteiger partial charge on any atom is -0.327 e. The van der Waals surface area contributed by atoms with Crippen molar-refractivity contribution in [2.75, 3.05) is 26.2 Å². The van der Waals surface area contributed by atoms with Crippen molar-refractivity contribution in [1.82, 2.24) is 4.90 Å². The molecule has 2 rings (SSSR count). The van der Waals surface area contributed by atoms with Gasteiger partial charge in [0.2, 0.25) is 0 Å². The first-order chi connectivity index (χ1) is 7.31. The van der Waals surface area contributed by atoms with Crippen LogP contribution in [-0.4, -0.2) is 31.1 Å². The van der Waals surface area contributed by atoms with Gasteiger partial charge in [0.25, 0.3) is 0 Å². The second-order valence-corrected chi connectivity index (χ2v) is 4.79. The van der Waals surface area contributed by atoms with Gasteiger partial charge in [-0.25, -0.2) is 0 Å². The average molecular weight is 206 g/mol. The summed E-state index contributed by atoms with van der Waals surface area (Å²) in [7, 11) is 0. The fraction of sp³-hybridized carbons (Fsp3) is 0.692. The van der Waals surface area contributed by atoms with E-state index in [0.717, 1.165) is 0 Å². The van der Waals surface area contributed by atoms with Crippen molar-refractivity contribution in [3.63, 3.8) is 0 Å². The fourth-order valence-electron chi connectivity index (χ4n) is 2.65. The van der Waals surface area contributed by atoms with Gasteiger partial charge >= 0.3 is 0 Å². The number of rotatable bonds is 3. The van der Waals surface area contributed by atoms with Crippen molar-refractivity contribution in [1.29, 1.82) is 0 Å². The number of hydrogen-bond acceptors (Lipinski definition) is 2. The van der Waals surface area contributed by atoms with Crippen molar-refractivity contribution in [3.8, 4) is 0 Å². The molecule has 2 heteroatoms. The largest absolute Gasteiger partial charge is 0.327 e. The highest BCUT2D eigenvalue weighted by Crippen LogP contribution is 2.27. The van der Waals surface area contributed by atoms with Gasteiger partial charge in [-0.15, -0.1) is 0 Å². The second kappa shape index (κ2) is 4.95. The van der Waals surface area contributed by atoms with Gasteiger partial charge in [-0.1, -0.05) is 30.7 Å². The molecular weight excluding hydrogens is 184 g/mol. The van der Waals surface area contributed by atoms with Gasteiger partial charge < -0.3 is 10.6 Å². The second-order valence-electron chi connectivity index (χ2n) is 4.79. The topological polar surface area (TPSA) is 29.3 Å². The van der Waals surface area contributed by atoms with Crippen LogP contribution in [0.15, 0.2) is 23.8 Å². The van der Waals surface area contributed by atoms with E-state index in [9.17, 15) is 0 Å². The molecule has 15 heavy (non-hydrogen) atoms. The quantitative estimate of drug-likeness (QED) is 0.763. The van der Waals surface area contributed by atoms with E-state index >= 15 is 0 Å². The summed E-state index contributed by atoms with van der Waals surface area (Å²) in [6.45, 7) is 6.82. The molecule has 0 amide bonds. The molecule has 2 atom stereocenters. The van der Waals surface area contributed by atoms with Crippen LogP contribution in [0.5, 0.6) is 0 Å². The lowest BCUT2D eigenvalue weighted by Crippen LogP contribution is -2.31. The van der Waals surface area contributed by atoms with E-state index in [-0.39, 0.29) is 0 Å². The molecule has 1 fully saturated rings. The molecule has 1 saturated heterocycles. The first-order valence-corrected chi connectivity index (χ1v) is 6.11. The van der Waals surface area contributed by atoms with Crippen LogP contribution in [0, 0.1) is 11.8 Å². The molecule has 0 spiro atoms. The van der Waals surface area contributed by atoms with E-state index in [1.54, 1.807) is 0 Å². The standard InChI is InChI=1S/C13H22N2/c1-11-12(9-14)5-4-6-13(11)10-15-7-2-3-8-15/h4-6,11,13H,2-3,7-10,14H2,1H3. The highest BCUT2D eigenvalue weighted by atomic mass is 15.1. The summed E-state index contributed by atoms with van der Waals surface area (Å²) in [5.41, 5.74) is 7.15. The highest BCUT2D eigenvalue weighted by molar-refractivity contribution is 5.23. The fourth-order valence-corrected chi connectivity index (χ4v) is 2.65. The van der Waals surface area contributed by atoms with Crippen LogP contribution in [0.4, 0.5) is 0 Å². The third-order valence-corrected chi connectivity index (χ3v) is 3.80. The summed E-state index contributed by atoms with van der Waals surface area (Å²) >= 11 is 0. The summed E-state index contributed by atoms with van der Waals surface area (Å²) < 4.78 is 0. The lowest BCUT2D eigenvalue weighted by Gasteiger charge is -2.29. The minimum absolute atomic E-state index is 0.626. The van der Waals surface area contributed by atoms with Crippen molar-refractivity contribution in [2.24, 2.45) is 17.6 Å². The van der Waals surface area contributed by atoms with Gasteiger partial charge in [0.1, 0.15) is 0 Å². The van der Waals surface area contributed by atoms with Crippen LogP contribution < -0.4 is 5.73 Å². The Hall–Kier alpha value is -0.600. The van der Waals surface area contributed by atoms with E-state index in [1.807, 2.05) is 0 Å². The maximum Gasteiger partial charge on any atom is 0.0142 e. The summed E-state index contributed by atoms with van der Waals surface area (Å²) in [5.74, 6) is 1.30. The predicted octanol–water partition coefficient (Wildman–Crippen LogP) is 1.79. The summed E-state index contributed by atoms with van der Waals surface area (Å²) in [4.78, 5) is 2.59. The molecule has 0 radical (unpaired) electrons. The summed E-state index contributed by atoms with van der Waals surface area (Å²) in [5, 5.41) is 0. The van der Waals surface area contributed by atoms with E-state index in [1.165, 1.54) is 38.0 Å². The van der Waals surface area contributed by atoms with Crippen LogP contribution in [0.1, 0.15) is 19.8 Å². The van der Waals surface area contributed by atoms with Gasteiger partial charge in [-0.2, -0.15) is 0 Å². The molecule has 1 aliphatic carbocycles. The predicted molar refractivity (Wildman–Crippen MR) is 64.6 cm³/mol. The Labute approximate surface area is 92.8 Å². The van der Waals surface area contributed by atoms with Crippen LogP contribution in [0.3, 0.4) is 0 Å². The van der Waals surface area contributed by atoms with E-state index in [2.05, 4.69) is 30.1 Å². The van der Waals surface area contributed by atoms with Crippen LogP contribution in [-0.2, 0) is 0 Å². The average Bonchev–Trinajstić information content (AvgIpc) is 2.74. The smallest absolute Gasteiger partial charge is 0.0142 e. The normalized spacial score (nSPS) is 32.0. The number of nitrogens with two attached hydrogens (primary N) is 1. The molecular formula is C13H22N2. The monoisotopic (exact) mass is 206 g/mol. The van der Waals surface area contributed by atoms with Crippen molar-refractivity contribution >= 4 is 0 Å². The lowest BCUT2D eigenvalue weighted by atomic mass is 9.83. The zero-order chi connectivity index (χ0) is 10.7. The van der Waals surface area contributed by atoms with Gasteiger partial charge in [0.15, 0.2) is 0 Å². The van der Waals surface area contributed by atoms with Gasteiger partial charge in [0.05, 0.1) is 0 Å². The van der Waals surface area contributed by atoms with Crippen LogP contribution >= 0.6 is 0 Å². The summed E-state index contributed by atoms with van der Waals surface area (Å²) in [6.07, 6.45) is 9.48. The van der Waals surface area contributed by atoms with Crippen molar-refractivity contribution in [2.45, 2.75) is 19.8 Å². The zero-order valence-electron chi connectivity index (χ0n) is 9.65. The number of nitrogens with zero attached hydrogens (tertiary/aromatic N) is 1. The molecule has 2 unspecified atom stereocenters. The molecule has 2 nitrogen and oxygen atoms in total. The molecule has 0 bridgehead atoms. The first kappa shape index (κ1) is 10.9. The minimum atomic E-state index is 0.626. The van der Waals surface area contributed by atoms with Gasteiger partial charge in [-0.3, -0.25) is 0 Å². The van der Waals surface area contributed by atoms with E-state index in [4.69, 9.17) is 5.73 Å². The summed E-state index contributed by atoms with van der Waals surface area (Å²) in [6, 6.07) is 0. The molecule has 1 aliphatic heterocycles. The van der Waals surface area contributed by atoms with Crippen molar-refractivity contribution in [3.05, 3.63) is 23.8 Å². The molecule has 0 saturated carbocycles. The van der Waals surface area contributed by atoms with Crippen molar-refractivity contribution < 1.29 is 0 Å². The zero-order valence-corrected chi connectivity index (χ0v) is 9.65. The third kappa shape index (κ3) is 2.50. The Morgan fingerprint density at radius 2 is 2.13 bits per heavy atom. The Bertz CT molecular complexity index is 262. The Kier molecular flexibility index (Phi) is 3.60. The lowest BCUT2D eigenvalue weighted by molar-refractivity contribution is 0.273. The third-order valence-electron chi connectivity index (χ3n) is 3.80. The number of hydrogen-bond donors (Lipinski definition) is 1. The number of likely N-dealkylation sites (tertiary alicyclic amines) is 1. The van der Waals surface area contributed by atoms with Crippen LogP contribution in [0.2, 0.25) is 0 Å². The highest BCUT2D eigenvalue weighted by Gasteiger charge is 2.23. The van der Waals surface area contributed by atoms with Crippen LogP contribution in [0.25, 0.3) is 0 Å². The molecule has 0 aromatic carbocycles. The maximum atomic E-state index is 5.75. The van der Waals surface area contributed by atoms with Gasteiger partial charge in [0, 0.05) is 13.1 Å². The molecule has 0 aromatic heterocycles. The Morgan fingerprint density at radius 3 is 2.80 bits per heavy atom. The Balaban J connectivity index is 1.93. The molecule has 84 valence electrons. The molecule has 1 heterocycles. The number of allylic oxidation sites excluding steroid dienone is 2. The maximum absolute atomic E-state index is 5.75. The SMILES string of the molecule is CC1C(CN)=CC=CC1CN1CCCC1. The Morgan fingerprint density at radius 1 is 1.40 bits per heavy atom. The molecule has 2 N–H and O–H groups in total. The van der Waals surface area contributed by atoms with E-state index in [0.29, 0.717) is 18.4 Å². The molecule has 0 aromatic rings. The van der Waals surface area contributed by atoms with E-state index < -0.39 is 0 Å². The van der Waals surface area contributed by atoms with Gasteiger partial charge in [-0.05, 0) is 37.8 Å². The molecule has 2 aliphatic rings. The first-order valence-electron chi connectivity index (χ1n) is 6.11.